The van der Waals surface area contributed by atoms with Crippen molar-refractivity contribution in [3.63, 3.8) is 0 Å². The topological polar surface area (TPSA) is 106 Å². The van der Waals surface area contributed by atoms with Crippen LogP contribution in [0.1, 0.15) is 0 Å². The summed E-state index contributed by atoms with van der Waals surface area (Å²) in [5.41, 5.74) is 1.32. The average molecular weight is 413 g/mol. The summed E-state index contributed by atoms with van der Waals surface area (Å²) in [7, 11) is 4.82. The quantitative estimate of drug-likeness (QED) is 0.361. The van der Waals surface area contributed by atoms with Crippen molar-refractivity contribution in [2.45, 2.75) is 4.90 Å². The maximum atomic E-state index is 5.56. The van der Waals surface area contributed by atoms with Crippen LogP contribution in [-0.2, 0) is 0 Å². The number of hydrogen-bond donors (Lipinski definition) is 3. The minimum Gasteiger partial charge on any atom is -0.496 e. The second-order valence-electron chi connectivity index (χ2n) is 5.84. The Kier molecular flexibility index (Phi) is 5.34. The molecule has 0 unspecified atom stereocenters. The van der Waals surface area contributed by atoms with Gasteiger partial charge in [0, 0.05) is 30.2 Å². The smallest absolute Gasteiger partial charge is 0.204 e. The predicted octanol–water partition coefficient (Wildman–Crippen LogP) is 4.44. The Labute approximate surface area is 170 Å². The number of ether oxygens (including phenoxy) is 3. The molecule has 0 radical (unpaired) electrons. The Bertz CT molecular complexity index is 1090. The van der Waals surface area contributed by atoms with Crippen LogP contribution in [0.4, 0.5) is 17.5 Å². The number of nitrogens with one attached hydrogen (secondary N) is 3. The second kappa shape index (κ2) is 8.23. The van der Waals surface area contributed by atoms with Crippen LogP contribution in [0.2, 0.25) is 0 Å². The van der Waals surface area contributed by atoms with E-state index in [-0.39, 0.29) is 0 Å². The highest BCUT2D eigenvalue weighted by atomic mass is 32.2. The van der Waals surface area contributed by atoms with Gasteiger partial charge < -0.3 is 33.8 Å². The highest BCUT2D eigenvalue weighted by Crippen LogP contribution is 2.41. The van der Waals surface area contributed by atoms with Crippen LogP contribution in [-0.4, -0.2) is 36.5 Å². The molecule has 3 N–H and O–H groups in total. The molecule has 4 rings (SSSR count). The lowest BCUT2D eigenvalue weighted by Crippen LogP contribution is -1.96. The van der Waals surface area contributed by atoms with Crippen LogP contribution >= 0.6 is 11.9 Å². The summed E-state index contributed by atoms with van der Waals surface area (Å²) in [6, 6.07) is 9.26. The number of rotatable bonds is 8. The summed E-state index contributed by atoms with van der Waals surface area (Å²) in [5.74, 6) is 3.12. The van der Waals surface area contributed by atoms with Crippen LogP contribution < -0.4 is 24.2 Å². The van der Waals surface area contributed by atoms with E-state index in [1.165, 1.54) is 11.9 Å². The first-order valence-electron chi connectivity index (χ1n) is 8.61. The summed E-state index contributed by atoms with van der Waals surface area (Å²) in [5, 5.41) is 8.02. The molecule has 0 atom stereocenters. The standard InChI is InChI=1S/C19H19N5O4S/c1-25-12-5-4-6-13(26-2)17(12)29-24-18-16-14(27-3)9-11(10-15(16)28-23-18)22-19-20-7-8-21-19/h4-10H,1-3H3,(H,23,24)(H2,20,21,22). The summed E-state index contributed by atoms with van der Waals surface area (Å²) in [4.78, 5) is 7.94. The Balaban J connectivity index is 1.64. The summed E-state index contributed by atoms with van der Waals surface area (Å²) in [6.45, 7) is 0. The minimum absolute atomic E-state index is 0.527. The molecule has 2 aromatic heterocycles. The van der Waals surface area contributed by atoms with E-state index in [1.807, 2.05) is 30.3 Å². The first kappa shape index (κ1) is 18.8. The SMILES string of the molecule is COc1cccc(OC)c1SNc1noc2cc(Nc3ncc[nH]3)cc(OC)c12. The molecule has 0 spiro atoms. The Hall–Kier alpha value is -3.53. The van der Waals surface area contributed by atoms with Gasteiger partial charge in [0.05, 0.1) is 21.3 Å². The minimum atomic E-state index is 0.527. The van der Waals surface area contributed by atoms with Crippen LogP contribution in [0, 0.1) is 0 Å². The maximum absolute atomic E-state index is 5.56. The van der Waals surface area contributed by atoms with Crippen molar-refractivity contribution < 1.29 is 18.7 Å². The summed E-state index contributed by atoms with van der Waals surface area (Å²) in [6.07, 6.45) is 3.40. The maximum Gasteiger partial charge on any atom is 0.204 e. The van der Waals surface area contributed by atoms with E-state index in [0.29, 0.717) is 34.6 Å². The van der Waals surface area contributed by atoms with Crippen LogP contribution in [0.25, 0.3) is 11.0 Å². The van der Waals surface area contributed by atoms with E-state index in [2.05, 4.69) is 25.2 Å². The molecule has 2 heterocycles. The zero-order chi connectivity index (χ0) is 20.2. The van der Waals surface area contributed by atoms with E-state index in [4.69, 9.17) is 18.7 Å². The molecule has 0 aliphatic carbocycles. The number of imidazole rings is 1. The first-order valence-corrected chi connectivity index (χ1v) is 9.42. The fourth-order valence-electron chi connectivity index (χ4n) is 2.83. The van der Waals surface area contributed by atoms with Crippen molar-refractivity contribution >= 4 is 40.4 Å². The predicted molar refractivity (Wildman–Crippen MR) is 111 cm³/mol. The molecule has 0 fully saturated rings. The Morgan fingerprint density at radius 2 is 1.79 bits per heavy atom. The summed E-state index contributed by atoms with van der Waals surface area (Å²) < 4.78 is 25.1. The van der Waals surface area contributed by atoms with Crippen molar-refractivity contribution in [1.29, 1.82) is 0 Å². The zero-order valence-electron chi connectivity index (χ0n) is 16.0. The number of anilines is 3. The van der Waals surface area contributed by atoms with Crippen molar-refractivity contribution in [2.75, 3.05) is 31.4 Å². The van der Waals surface area contributed by atoms with Gasteiger partial charge in [-0.15, -0.1) is 0 Å². The van der Waals surface area contributed by atoms with Gasteiger partial charge in [-0.1, -0.05) is 11.2 Å². The molecule has 29 heavy (non-hydrogen) atoms. The molecule has 2 aromatic carbocycles. The molecule has 4 aromatic rings. The second-order valence-corrected chi connectivity index (χ2v) is 6.66. The molecule has 0 saturated carbocycles. The Morgan fingerprint density at radius 3 is 2.45 bits per heavy atom. The van der Waals surface area contributed by atoms with Gasteiger partial charge in [0.1, 0.15) is 27.5 Å². The number of aromatic amines is 1. The van der Waals surface area contributed by atoms with Gasteiger partial charge in [0.2, 0.25) is 5.95 Å². The largest absolute Gasteiger partial charge is 0.496 e. The van der Waals surface area contributed by atoms with Crippen molar-refractivity contribution in [2.24, 2.45) is 0 Å². The number of hydrogen-bond acceptors (Lipinski definition) is 9. The highest BCUT2D eigenvalue weighted by Gasteiger charge is 2.18. The fraction of sp³-hybridized carbons (Fsp3) is 0.158. The molecule has 150 valence electrons. The van der Waals surface area contributed by atoms with E-state index >= 15 is 0 Å². The first-order chi connectivity index (χ1) is 14.2. The monoisotopic (exact) mass is 413 g/mol. The van der Waals surface area contributed by atoms with Gasteiger partial charge in [0.25, 0.3) is 0 Å². The van der Waals surface area contributed by atoms with Gasteiger partial charge >= 0.3 is 0 Å². The third-order valence-corrected chi connectivity index (χ3v) is 5.05. The number of aromatic nitrogens is 3. The molecule has 0 saturated heterocycles. The normalized spacial score (nSPS) is 10.7. The molecular weight excluding hydrogens is 394 g/mol. The van der Waals surface area contributed by atoms with E-state index < -0.39 is 0 Å². The van der Waals surface area contributed by atoms with Crippen LogP contribution in [0.5, 0.6) is 17.2 Å². The number of fused-ring (bicyclic) bond motifs is 1. The van der Waals surface area contributed by atoms with E-state index in [9.17, 15) is 0 Å². The van der Waals surface area contributed by atoms with Crippen molar-refractivity contribution in [1.82, 2.24) is 15.1 Å². The van der Waals surface area contributed by atoms with Gasteiger partial charge in [-0.05, 0) is 24.1 Å². The molecule has 0 bridgehead atoms. The van der Waals surface area contributed by atoms with Gasteiger partial charge in [-0.2, -0.15) is 0 Å². The van der Waals surface area contributed by atoms with Crippen LogP contribution in [0.3, 0.4) is 0 Å². The van der Waals surface area contributed by atoms with E-state index in [1.54, 1.807) is 33.7 Å². The molecular formula is C19H19N5O4S. The Morgan fingerprint density at radius 1 is 1.03 bits per heavy atom. The average Bonchev–Trinajstić information content (AvgIpc) is 3.41. The lowest BCUT2D eigenvalue weighted by molar-refractivity contribution is 0.376. The molecule has 0 aliphatic heterocycles. The van der Waals surface area contributed by atoms with Crippen LogP contribution in [0.15, 0.2) is 52.1 Å². The third-order valence-electron chi connectivity index (χ3n) is 4.15. The molecule has 0 amide bonds. The van der Waals surface area contributed by atoms with Gasteiger partial charge in [0.15, 0.2) is 11.4 Å². The number of methoxy groups -OCH3 is 3. The zero-order valence-corrected chi connectivity index (χ0v) is 16.8. The van der Waals surface area contributed by atoms with Gasteiger partial charge in [-0.25, -0.2) is 4.98 Å². The van der Waals surface area contributed by atoms with Gasteiger partial charge in [-0.3, -0.25) is 0 Å². The summed E-state index contributed by atoms with van der Waals surface area (Å²) >= 11 is 1.31. The lowest BCUT2D eigenvalue weighted by Gasteiger charge is -2.12. The van der Waals surface area contributed by atoms with Crippen molar-refractivity contribution in [3.8, 4) is 17.2 Å². The molecule has 10 heteroatoms. The van der Waals surface area contributed by atoms with E-state index in [0.717, 1.165) is 16.0 Å². The highest BCUT2D eigenvalue weighted by molar-refractivity contribution is 8.00. The fourth-order valence-corrected chi connectivity index (χ4v) is 3.67. The lowest BCUT2D eigenvalue weighted by atomic mass is 10.2. The number of nitrogens with zero attached hydrogens (tertiary/aromatic N) is 2. The molecule has 0 aliphatic rings. The molecule has 9 nitrogen and oxygen atoms in total. The number of benzene rings is 2. The van der Waals surface area contributed by atoms with Crippen molar-refractivity contribution in [3.05, 3.63) is 42.7 Å². The third kappa shape index (κ3) is 3.74. The number of H-pyrrole nitrogens is 1.